The molecule has 24 heavy (non-hydrogen) atoms. The van der Waals surface area contributed by atoms with Gasteiger partial charge in [-0.15, -0.1) is 10.2 Å². The van der Waals surface area contributed by atoms with Gasteiger partial charge in [-0.1, -0.05) is 0 Å². The highest BCUT2D eigenvalue weighted by Gasteiger charge is 2.10. The SMILES string of the molecule is COCCNC(=NCc1nnc(C)n1C)N(C)Cc1cccn1C. The molecule has 0 unspecified atom stereocenters. The Morgan fingerprint density at radius 1 is 1.38 bits per heavy atom. The standard InChI is InChI=1S/C16H27N7O/c1-13-19-20-15(23(13)4)11-18-16(17-8-10-24-5)22(3)12-14-7-6-9-21(14)2/h6-7,9H,8,10-12H2,1-5H3,(H,17,18). The number of hydrogen-bond acceptors (Lipinski definition) is 4. The fraction of sp³-hybridized carbons (Fsp3) is 0.562. The van der Waals surface area contributed by atoms with Crippen LogP contribution in [0.15, 0.2) is 23.3 Å². The minimum Gasteiger partial charge on any atom is -0.383 e. The van der Waals surface area contributed by atoms with E-state index in [4.69, 9.17) is 9.73 Å². The van der Waals surface area contributed by atoms with Crippen LogP contribution in [0.3, 0.4) is 0 Å². The zero-order valence-corrected chi connectivity index (χ0v) is 15.2. The summed E-state index contributed by atoms with van der Waals surface area (Å²) in [5.41, 5.74) is 1.22. The molecule has 1 N–H and O–H groups in total. The number of nitrogens with zero attached hydrogens (tertiary/aromatic N) is 6. The topological polar surface area (TPSA) is 72.5 Å². The Morgan fingerprint density at radius 2 is 2.17 bits per heavy atom. The summed E-state index contributed by atoms with van der Waals surface area (Å²) in [5, 5.41) is 11.6. The second-order valence-electron chi connectivity index (χ2n) is 5.75. The Balaban J connectivity index is 2.09. The van der Waals surface area contributed by atoms with Crippen molar-refractivity contribution in [2.45, 2.75) is 20.0 Å². The largest absolute Gasteiger partial charge is 0.383 e. The third-order valence-corrected chi connectivity index (χ3v) is 3.95. The molecule has 2 heterocycles. The summed E-state index contributed by atoms with van der Waals surface area (Å²) in [7, 11) is 7.70. The molecular weight excluding hydrogens is 306 g/mol. The molecule has 0 aliphatic carbocycles. The molecule has 2 aromatic rings. The number of methoxy groups -OCH3 is 1. The van der Waals surface area contributed by atoms with E-state index >= 15 is 0 Å². The number of aliphatic imine (C=N–C) groups is 1. The van der Waals surface area contributed by atoms with Gasteiger partial charge in [-0.2, -0.15) is 0 Å². The van der Waals surface area contributed by atoms with Gasteiger partial charge in [-0.3, -0.25) is 0 Å². The Hall–Kier alpha value is -2.35. The van der Waals surface area contributed by atoms with E-state index < -0.39 is 0 Å². The van der Waals surface area contributed by atoms with Gasteiger partial charge in [0.1, 0.15) is 12.4 Å². The summed E-state index contributed by atoms with van der Waals surface area (Å²) in [6, 6.07) is 4.15. The molecule has 0 atom stereocenters. The molecule has 8 nitrogen and oxygen atoms in total. The molecule has 0 fully saturated rings. The fourth-order valence-corrected chi connectivity index (χ4v) is 2.29. The van der Waals surface area contributed by atoms with Crippen LogP contribution in [-0.4, -0.2) is 57.5 Å². The minimum atomic E-state index is 0.476. The molecule has 0 aliphatic heterocycles. The van der Waals surface area contributed by atoms with Crippen molar-refractivity contribution in [2.24, 2.45) is 19.1 Å². The van der Waals surface area contributed by atoms with Crippen molar-refractivity contribution < 1.29 is 4.74 Å². The van der Waals surface area contributed by atoms with E-state index in [2.05, 4.69) is 31.0 Å². The zero-order chi connectivity index (χ0) is 17.5. The second-order valence-corrected chi connectivity index (χ2v) is 5.75. The van der Waals surface area contributed by atoms with Crippen LogP contribution in [0.25, 0.3) is 0 Å². The van der Waals surface area contributed by atoms with E-state index in [1.54, 1.807) is 7.11 Å². The normalized spacial score (nSPS) is 11.8. The van der Waals surface area contributed by atoms with Gasteiger partial charge in [-0.25, -0.2) is 4.99 Å². The smallest absolute Gasteiger partial charge is 0.194 e. The van der Waals surface area contributed by atoms with Gasteiger partial charge in [0.2, 0.25) is 0 Å². The summed E-state index contributed by atoms with van der Waals surface area (Å²) >= 11 is 0. The van der Waals surface area contributed by atoms with E-state index in [0.717, 1.165) is 24.2 Å². The first-order chi connectivity index (χ1) is 11.5. The molecule has 0 aromatic carbocycles. The highest BCUT2D eigenvalue weighted by molar-refractivity contribution is 5.79. The number of nitrogens with one attached hydrogen (secondary N) is 1. The average molecular weight is 333 g/mol. The van der Waals surface area contributed by atoms with E-state index in [1.807, 2.05) is 44.9 Å². The van der Waals surface area contributed by atoms with Crippen molar-refractivity contribution in [1.82, 2.24) is 29.5 Å². The molecule has 2 aromatic heterocycles. The van der Waals surface area contributed by atoms with Crippen molar-refractivity contribution in [2.75, 3.05) is 27.3 Å². The molecule has 0 aliphatic rings. The van der Waals surface area contributed by atoms with Crippen LogP contribution in [0.2, 0.25) is 0 Å². The predicted molar refractivity (Wildman–Crippen MR) is 93.6 cm³/mol. The molecule has 132 valence electrons. The summed E-state index contributed by atoms with van der Waals surface area (Å²) in [4.78, 5) is 6.78. The number of aromatic nitrogens is 4. The fourth-order valence-electron chi connectivity index (χ4n) is 2.29. The highest BCUT2D eigenvalue weighted by atomic mass is 16.5. The van der Waals surface area contributed by atoms with Gasteiger partial charge in [0.05, 0.1) is 13.2 Å². The van der Waals surface area contributed by atoms with Crippen LogP contribution >= 0.6 is 0 Å². The molecule has 0 radical (unpaired) electrons. The number of guanidine groups is 1. The monoisotopic (exact) mass is 333 g/mol. The van der Waals surface area contributed by atoms with Gasteiger partial charge in [0.15, 0.2) is 11.8 Å². The molecule has 8 heteroatoms. The lowest BCUT2D eigenvalue weighted by Gasteiger charge is -2.22. The number of ether oxygens (including phenoxy) is 1. The average Bonchev–Trinajstić information content (AvgIpc) is 3.10. The summed E-state index contributed by atoms with van der Waals surface area (Å²) in [6.07, 6.45) is 2.04. The minimum absolute atomic E-state index is 0.476. The number of rotatable bonds is 7. The quantitative estimate of drug-likeness (QED) is 0.458. The maximum Gasteiger partial charge on any atom is 0.194 e. The zero-order valence-electron chi connectivity index (χ0n) is 15.2. The van der Waals surface area contributed by atoms with E-state index in [9.17, 15) is 0 Å². The third kappa shape index (κ3) is 4.58. The predicted octanol–water partition coefficient (Wildman–Crippen LogP) is 0.686. The first kappa shape index (κ1) is 18.0. The highest BCUT2D eigenvalue weighted by Crippen LogP contribution is 2.05. The van der Waals surface area contributed by atoms with Crippen molar-refractivity contribution in [1.29, 1.82) is 0 Å². The van der Waals surface area contributed by atoms with Crippen LogP contribution in [0.4, 0.5) is 0 Å². The molecule has 0 amide bonds. The van der Waals surface area contributed by atoms with E-state index in [1.165, 1.54) is 5.69 Å². The third-order valence-electron chi connectivity index (χ3n) is 3.95. The molecule has 0 spiro atoms. The molecule has 0 bridgehead atoms. The van der Waals surface area contributed by atoms with Crippen LogP contribution in [0, 0.1) is 6.92 Å². The van der Waals surface area contributed by atoms with Crippen LogP contribution in [0.5, 0.6) is 0 Å². The Kier molecular flexibility index (Phi) is 6.36. The lowest BCUT2D eigenvalue weighted by Crippen LogP contribution is -2.40. The van der Waals surface area contributed by atoms with Crippen LogP contribution < -0.4 is 5.32 Å². The van der Waals surface area contributed by atoms with Crippen LogP contribution in [-0.2, 0) is 31.9 Å². The van der Waals surface area contributed by atoms with Crippen LogP contribution in [0.1, 0.15) is 17.3 Å². The van der Waals surface area contributed by atoms with Gasteiger partial charge in [0.25, 0.3) is 0 Å². The first-order valence-corrected chi connectivity index (χ1v) is 7.96. The van der Waals surface area contributed by atoms with E-state index in [0.29, 0.717) is 19.7 Å². The summed E-state index contributed by atoms with van der Waals surface area (Å²) < 4.78 is 9.17. The molecular formula is C16H27N7O. The van der Waals surface area contributed by atoms with Crippen molar-refractivity contribution in [3.8, 4) is 0 Å². The Morgan fingerprint density at radius 3 is 2.75 bits per heavy atom. The molecule has 0 saturated heterocycles. The maximum atomic E-state index is 5.12. The summed E-state index contributed by atoms with van der Waals surface area (Å²) in [6.45, 7) is 4.49. The van der Waals surface area contributed by atoms with Crippen molar-refractivity contribution in [3.05, 3.63) is 35.7 Å². The number of aryl methyl sites for hydroxylation is 2. The van der Waals surface area contributed by atoms with Gasteiger partial charge < -0.3 is 24.1 Å². The number of hydrogen-bond donors (Lipinski definition) is 1. The Bertz CT molecular complexity index is 674. The maximum absolute atomic E-state index is 5.12. The Labute approximate surface area is 143 Å². The second kappa shape index (κ2) is 8.49. The van der Waals surface area contributed by atoms with E-state index in [-0.39, 0.29) is 0 Å². The van der Waals surface area contributed by atoms with Gasteiger partial charge in [-0.05, 0) is 19.1 Å². The first-order valence-electron chi connectivity index (χ1n) is 7.96. The van der Waals surface area contributed by atoms with Gasteiger partial charge in [0, 0.05) is 46.7 Å². The van der Waals surface area contributed by atoms with Crippen molar-refractivity contribution >= 4 is 5.96 Å². The van der Waals surface area contributed by atoms with Crippen molar-refractivity contribution in [3.63, 3.8) is 0 Å². The lowest BCUT2D eigenvalue weighted by molar-refractivity contribution is 0.202. The summed E-state index contributed by atoms with van der Waals surface area (Å²) in [5.74, 6) is 2.53. The van der Waals surface area contributed by atoms with Gasteiger partial charge >= 0.3 is 0 Å². The molecule has 2 rings (SSSR count). The molecule has 0 saturated carbocycles. The lowest BCUT2D eigenvalue weighted by atomic mass is 10.4.